The van der Waals surface area contributed by atoms with Crippen LogP contribution in [0.4, 0.5) is 5.69 Å². The normalized spacial score (nSPS) is 25.2. The molecule has 2 aliphatic rings. The fourth-order valence-corrected chi connectivity index (χ4v) is 3.84. The molecule has 4 rings (SSSR count). The molecule has 25 heavy (non-hydrogen) atoms. The third kappa shape index (κ3) is 3.49. The average molecular weight is 337 g/mol. The maximum Gasteiger partial charge on any atom is 0.241 e. The van der Waals surface area contributed by atoms with Crippen molar-refractivity contribution in [1.82, 2.24) is 20.1 Å². The average Bonchev–Trinajstić information content (AvgIpc) is 3.37. The van der Waals surface area contributed by atoms with Gasteiger partial charge in [0.05, 0.1) is 11.7 Å². The number of carbonyl (C=O) groups is 1. The second-order valence-electron chi connectivity index (χ2n) is 7.05. The largest absolute Gasteiger partial charge is 0.325 e. The number of anilines is 1. The van der Waals surface area contributed by atoms with Gasteiger partial charge in [-0.3, -0.25) is 4.79 Å². The minimum Gasteiger partial charge on any atom is -0.325 e. The van der Waals surface area contributed by atoms with Crippen molar-refractivity contribution in [2.24, 2.45) is 17.8 Å². The first-order chi connectivity index (χ1) is 12.2. The Bertz CT molecular complexity index is 753. The minimum atomic E-state index is -0.210. The van der Waals surface area contributed by atoms with Gasteiger partial charge in [-0.2, -0.15) is 5.10 Å². The first-order valence-electron chi connectivity index (χ1n) is 8.86. The highest BCUT2D eigenvalue weighted by Crippen LogP contribution is 2.42. The molecule has 2 aliphatic carbocycles. The van der Waals surface area contributed by atoms with Crippen molar-refractivity contribution in [2.75, 3.05) is 11.9 Å². The van der Waals surface area contributed by atoms with Gasteiger partial charge in [-0.1, -0.05) is 12.2 Å². The SMILES string of the molecule is CC(NCC1CC2C=CC1C2)C(=O)Nc1ccc(-n2cncn2)cc1. The summed E-state index contributed by atoms with van der Waals surface area (Å²) in [5.74, 6) is 2.14. The summed E-state index contributed by atoms with van der Waals surface area (Å²) in [5.41, 5.74) is 1.69. The number of fused-ring (bicyclic) bond motifs is 2. The smallest absolute Gasteiger partial charge is 0.241 e. The maximum absolute atomic E-state index is 12.4. The molecule has 1 aromatic carbocycles. The molecule has 2 aromatic rings. The molecular weight excluding hydrogens is 314 g/mol. The summed E-state index contributed by atoms with van der Waals surface area (Å²) in [4.78, 5) is 16.3. The van der Waals surface area contributed by atoms with Crippen LogP contribution in [-0.2, 0) is 4.79 Å². The van der Waals surface area contributed by atoms with Crippen molar-refractivity contribution in [2.45, 2.75) is 25.8 Å². The van der Waals surface area contributed by atoms with Gasteiger partial charge in [0.25, 0.3) is 0 Å². The van der Waals surface area contributed by atoms with Crippen molar-refractivity contribution in [3.8, 4) is 5.69 Å². The Morgan fingerprint density at radius 2 is 2.12 bits per heavy atom. The van der Waals surface area contributed by atoms with Crippen molar-refractivity contribution in [1.29, 1.82) is 0 Å². The standard InChI is InChI=1S/C19H23N5O/c1-13(21-10-16-9-14-2-3-15(16)8-14)19(25)23-17-4-6-18(7-5-17)24-12-20-11-22-24/h2-7,11-16,21H,8-10H2,1H3,(H,23,25). The number of benzene rings is 1. The van der Waals surface area contributed by atoms with Crippen LogP contribution in [0.5, 0.6) is 0 Å². The second kappa shape index (κ2) is 6.80. The van der Waals surface area contributed by atoms with E-state index in [-0.39, 0.29) is 11.9 Å². The van der Waals surface area contributed by atoms with Gasteiger partial charge in [-0.05, 0) is 68.3 Å². The van der Waals surface area contributed by atoms with Crippen molar-refractivity contribution in [3.63, 3.8) is 0 Å². The molecule has 0 radical (unpaired) electrons. The van der Waals surface area contributed by atoms with Gasteiger partial charge in [-0.15, -0.1) is 0 Å². The van der Waals surface area contributed by atoms with Crippen LogP contribution in [0.25, 0.3) is 5.69 Å². The van der Waals surface area contributed by atoms with Crippen molar-refractivity contribution >= 4 is 11.6 Å². The van der Waals surface area contributed by atoms with Gasteiger partial charge in [0, 0.05) is 5.69 Å². The Balaban J connectivity index is 1.28. The highest BCUT2D eigenvalue weighted by atomic mass is 16.2. The molecule has 1 aromatic heterocycles. The zero-order valence-corrected chi connectivity index (χ0v) is 14.3. The zero-order chi connectivity index (χ0) is 17.2. The number of nitrogens with zero attached hydrogens (tertiary/aromatic N) is 3. The summed E-state index contributed by atoms with van der Waals surface area (Å²) >= 11 is 0. The summed E-state index contributed by atoms with van der Waals surface area (Å²) < 4.78 is 1.68. The third-order valence-electron chi connectivity index (χ3n) is 5.31. The van der Waals surface area contributed by atoms with E-state index in [1.165, 1.54) is 19.2 Å². The molecule has 1 amide bonds. The molecule has 0 saturated heterocycles. The maximum atomic E-state index is 12.4. The minimum absolute atomic E-state index is 0.00722. The van der Waals surface area contributed by atoms with Crippen LogP contribution in [0, 0.1) is 17.8 Å². The van der Waals surface area contributed by atoms with E-state index in [4.69, 9.17) is 0 Å². The molecule has 0 spiro atoms. The van der Waals surface area contributed by atoms with Gasteiger partial charge >= 0.3 is 0 Å². The van der Waals surface area contributed by atoms with Gasteiger partial charge in [0.15, 0.2) is 0 Å². The van der Waals surface area contributed by atoms with E-state index in [0.717, 1.165) is 23.8 Å². The Morgan fingerprint density at radius 1 is 1.28 bits per heavy atom. The second-order valence-corrected chi connectivity index (χ2v) is 7.05. The van der Waals surface area contributed by atoms with E-state index >= 15 is 0 Å². The molecule has 4 unspecified atom stereocenters. The van der Waals surface area contributed by atoms with E-state index in [1.54, 1.807) is 11.0 Å². The number of hydrogen-bond donors (Lipinski definition) is 2. The molecule has 2 bridgehead atoms. The molecule has 6 nitrogen and oxygen atoms in total. The zero-order valence-electron chi connectivity index (χ0n) is 14.3. The molecule has 4 atom stereocenters. The summed E-state index contributed by atoms with van der Waals surface area (Å²) in [7, 11) is 0. The fourth-order valence-electron chi connectivity index (χ4n) is 3.84. The number of carbonyl (C=O) groups excluding carboxylic acids is 1. The lowest BCUT2D eigenvalue weighted by Crippen LogP contribution is -2.41. The monoisotopic (exact) mass is 337 g/mol. The van der Waals surface area contributed by atoms with E-state index < -0.39 is 0 Å². The number of nitrogens with one attached hydrogen (secondary N) is 2. The topological polar surface area (TPSA) is 71.8 Å². The summed E-state index contributed by atoms with van der Waals surface area (Å²) in [6.07, 6.45) is 10.4. The number of allylic oxidation sites excluding steroid dienone is 2. The molecule has 6 heteroatoms. The lowest BCUT2D eigenvalue weighted by Gasteiger charge is -2.21. The van der Waals surface area contributed by atoms with Gasteiger partial charge in [-0.25, -0.2) is 9.67 Å². The van der Waals surface area contributed by atoms with Gasteiger partial charge < -0.3 is 10.6 Å². The predicted molar refractivity (Wildman–Crippen MR) is 96.3 cm³/mol. The van der Waals surface area contributed by atoms with E-state index in [0.29, 0.717) is 11.8 Å². The molecular formula is C19H23N5O. The molecule has 0 aliphatic heterocycles. The quantitative estimate of drug-likeness (QED) is 0.794. The van der Waals surface area contributed by atoms with Crippen molar-refractivity contribution < 1.29 is 4.79 Å². The van der Waals surface area contributed by atoms with Crippen LogP contribution in [0.15, 0.2) is 49.1 Å². The van der Waals surface area contributed by atoms with Gasteiger partial charge in [0.2, 0.25) is 5.91 Å². The van der Waals surface area contributed by atoms with E-state index in [1.807, 2.05) is 31.2 Å². The summed E-state index contributed by atoms with van der Waals surface area (Å²) in [6.45, 7) is 2.83. The Kier molecular flexibility index (Phi) is 4.36. The Labute approximate surface area is 147 Å². The molecule has 130 valence electrons. The third-order valence-corrected chi connectivity index (χ3v) is 5.31. The number of aromatic nitrogens is 3. The highest BCUT2D eigenvalue weighted by molar-refractivity contribution is 5.94. The Morgan fingerprint density at radius 3 is 2.76 bits per heavy atom. The van der Waals surface area contributed by atoms with E-state index in [2.05, 4.69) is 32.9 Å². The van der Waals surface area contributed by atoms with Gasteiger partial charge in [0.1, 0.15) is 12.7 Å². The van der Waals surface area contributed by atoms with Crippen molar-refractivity contribution in [3.05, 3.63) is 49.1 Å². The molecule has 1 saturated carbocycles. The number of amides is 1. The first kappa shape index (κ1) is 16.0. The Hall–Kier alpha value is -2.47. The molecule has 1 heterocycles. The lowest BCUT2D eigenvalue weighted by atomic mass is 9.93. The fraction of sp³-hybridized carbons (Fsp3) is 0.421. The highest BCUT2D eigenvalue weighted by Gasteiger charge is 2.35. The molecule has 1 fully saturated rings. The van der Waals surface area contributed by atoms with Crippen LogP contribution in [0.1, 0.15) is 19.8 Å². The summed E-state index contributed by atoms with van der Waals surface area (Å²) in [6, 6.07) is 7.36. The lowest BCUT2D eigenvalue weighted by molar-refractivity contribution is -0.117. The summed E-state index contributed by atoms with van der Waals surface area (Å²) in [5, 5.41) is 10.4. The van der Waals surface area contributed by atoms with Crippen LogP contribution in [-0.4, -0.2) is 33.3 Å². The van der Waals surface area contributed by atoms with Crippen LogP contribution >= 0.6 is 0 Å². The predicted octanol–water partition coefficient (Wildman–Crippen LogP) is 2.40. The molecule has 2 N–H and O–H groups in total. The van der Waals surface area contributed by atoms with Crippen LogP contribution in [0.2, 0.25) is 0 Å². The van der Waals surface area contributed by atoms with Crippen LogP contribution < -0.4 is 10.6 Å². The van der Waals surface area contributed by atoms with E-state index in [9.17, 15) is 4.79 Å². The van der Waals surface area contributed by atoms with Crippen LogP contribution in [0.3, 0.4) is 0 Å². The number of hydrogen-bond acceptors (Lipinski definition) is 4. The first-order valence-corrected chi connectivity index (χ1v) is 8.86. The number of rotatable bonds is 6.